The van der Waals surface area contributed by atoms with E-state index in [4.69, 9.17) is 9.84 Å². The van der Waals surface area contributed by atoms with Gasteiger partial charge in [0.25, 0.3) is 0 Å². The number of aliphatic carboxylic acids is 1. The standard InChI is InChI=1S/C12H20N4O5/c1-21-9(4-10(17)18)6-14-11(19)15-2-3-16-8(7-15)5-13-12(16)20/h8-9H,2-7H2,1H3,(H,13,20)(H,14,19)(H,17,18). The highest BCUT2D eigenvalue weighted by Crippen LogP contribution is 2.14. The minimum Gasteiger partial charge on any atom is -0.481 e. The second-order valence-corrected chi connectivity index (χ2v) is 5.12. The quantitative estimate of drug-likeness (QED) is 0.596. The fourth-order valence-electron chi connectivity index (χ4n) is 2.54. The summed E-state index contributed by atoms with van der Waals surface area (Å²) in [4.78, 5) is 37.5. The number of urea groups is 2. The summed E-state index contributed by atoms with van der Waals surface area (Å²) in [5.41, 5.74) is 0. The zero-order valence-corrected chi connectivity index (χ0v) is 11.9. The lowest BCUT2D eigenvalue weighted by Crippen LogP contribution is -2.56. The second-order valence-electron chi connectivity index (χ2n) is 5.12. The Kier molecular flexibility index (Phi) is 4.84. The summed E-state index contributed by atoms with van der Waals surface area (Å²) < 4.78 is 5.01. The highest BCUT2D eigenvalue weighted by atomic mass is 16.5. The van der Waals surface area contributed by atoms with Crippen molar-refractivity contribution in [3.8, 4) is 0 Å². The van der Waals surface area contributed by atoms with Crippen molar-refractivity contribution in [1.82, 2.24) is 20.4 Å². The van der Waals surface area contributed by atoms with Crippen molar-refractivity contribution in [3.05, 3.63) is 0 Å². The van der Waals surface area contributed by atoms with Crippen LogP contribution >= 0.6 is 0 Å². The van der Waals surface area contributed by atoms with Crippen LogP contribution in [0.5, 0.6) is 0 Å². The number of rotatable bonds is 5. The van der Waals surface area contributed by atoms with Crippen LogP contribution in [0.1, 0.15) is 6.42 Å². The minimum atomic E-state index is -0.972. The van der Waals surface area contributed by atoms with Gasteiger partial charge in [-0.1, -0.05) is 0 Å². The van der Waals surface area contributed by atoms with E-state index in [9.17, 15) is 14.4 Å². The summed E-state index contributed by atoms with van der Waals surface area (Å²) in [5.74, 6) is -0.972. The van der Waals surface area contributed by atoms with Crippen LogP contribution in [0.15, 0.2) is 0 Å². The molecule has 9 nitrogen and oxygen atoms in total. The first-order valence-electron chi connectivity index (χ1n) is 6.83. The second kappa shape index (κ2) is 6.61. The maximum absolute atomic E-state index is 12.1. The lowest BCUT2D eigenvalue weighted by atomic mass is 10.2. The third-order valence-electron chi connectivity index (χ3n) is 3.74. The van der Waals surface area contributed by atoms with Crippen LogP contribution in [0.4, 0.5) is 9.59 Å². The SMILES string of the molecule is COC(CNC(=O)N1CCN2C(=O)NCC2C1)CC(=O)O. The number of carbonyl (C=O) groups excluding carboxylic acids is 2. The molecule has 2 unspecified atom stereocenters. The molecule has 9 heteroatoms. The molecule has 21 heavy (non-hydrogen) atoms. The van der Waals surface area contributed by atoms with Crippen LogP contribution in [0.2, 0.25) is 0 Å². The van der Waals surface area contributed by atoms with Crippen molar-refractivity contribution in [2.75, 3.05) is 39.8 Å². The van der Waals surface area contributed by atoms with Crippen LogP contribution in [0, 0.1) is 0 Å². The summed E-state index contributed by atoms with van der Waals surface area (Å²) in [6.45, 7) is 2.13. The summed E-state index contributed by atoms with van der Waals surface area (Å²) in [7, 11) is 1.41. The number of fused-ring (bicyclic) bond motifs is 1. The first kappa shape index (κ1) is 15.4. The van der Waals surface area contributed by atoms with Gasteiger partial charge in [-0.05, 0) is 0 Å². The Morgan fingerprint density at radius 1 is 1.52 bits per heavy atom. The topological polar surface area (TPSA) is 111 Å². The Labute approximate surface area is 122 Å². The molecular formula is C12H20N4O5. The minimum absolute atomic E-state index is 0.00856. The maximum Gasteiger partial charge on any atom is 0.317 e. The zero-order chi connectivity index (χ0) is 15.4. The van der Waals surface area contributed by atoms with Gasteiger partial charge in [0.15, 0.2) is 0 Å². The number of nitrogens with zero attached hydrogens (tertiary/aromatic N) is 2. The van der Waals surface area contributed by atoms with Gasteiger partial charge in [0.1, 0.15) is 0 Å². The Bertz CT molecular complexity index is 430. The van der Waals surface area contributed by atoms with Crippen molar-refractivity contribution < 1.29 is 24.2 Å². The van der Waals surface area contributed by atoms with E-state index in [0.29, 0.717) is 26.2 Å². The fraction of sp³-hybridized carbons (Fsp3) is 0.750. The first-order chi connectivity index (χ1) is 10.0. The van der Waals surface area contributed by atoms with E-state index < -0.39 is 12.1 Å². The molecule has 2 fully saturated rings. The number of amides is 4. The lowest BCUT2D eigenvalue weighted by molar-refractivity contribution is -0.139. The molecule has 0 aromatic carbocycles. The van der Waals surface area contributed by atoms with E-state index >= 15 is 0 Å². The molecule has 2 aliphatic rings. The van der Waals surface area contributed by atoms with Crippen LogP contribution in [-0.2, 0) is 9.53 Å². The van der Waals surface area contributed by atoms with E-state index in [-0.39, 0.29) is 31.1 Å². The van der Waals surface area contributed by atoms with Crippen LogP contribution in [0.25, 0.3) is 0 Å². The highest BCUT2D eigenvalue weighted by molar-refractivity contribution is 5.78. The summed E-state index contributed by atoms with van der Waals surface area (Å²) in [6.07, 6.45) is -0.714. The Morgan fingerprint density at radius 2 is 2.29 bits per heavy atom. The number of hydrogen-bond acceptors (Lipinski definition) is 4. The normalized spacial score (nSPS) is 22.5. The molecule has 0 saturated carbocycles. The summed E-state index contributed by atoms with van der Waals surface area (Å²) in [6, 6.07) is -0.336. The van der Waals surface area contributed by atoms with E-state index in [0.717, 1.165) is 0 Å². The molecule has 0 aromatic heterocycles. The number of carbonyl (C=O) groups is 3. The van der Waals surface area contributed by atoms with E-state index in [1.54, 1.807) is 9.80 Å². The third kappa shape index (κ3) is 3.75. The largest absolute Gasteiger partial charge is 0.481 e. The zero-order valence-electron chi connectivity index (χ0n) is 11.9. The molecule has 0 radical (unpaired) electrons. The number of piperazine rings is 1. The van der Waals surface area contributed by atoms with Crippen molar-refractivity contribution in [2.24, 2.45) is 0 Å². The molecule has 2 heterocycles. The van der Waals surface area contributed by atoms with Gasteiger partial charge < -0.3 is 30.3 Å². The molecule has 4 amide bonds. The van der Waals surface area contributed by atoms with Gasteiger partial charge in [-0.3, -0.25) is 4.79 Å². The molecule has 118 valence electrons. The molecule has 2 atom stereocenters. The number of methoxy groups -OCH3 is 1. The fourth-order valence-corrected chi connectivity index (χ4v) is 2.54. The van der Waals surface area contributed by atoms with E-state index in [1.165, 1.54) is 7.11 Å². The predicted octanol–water partition coefficient (Wildman–Crippen LogP) is -1.10. The van der Waals surface area contributed by atoms with Crippen molar-refractivity contribution in [1.29, 1.82) is 0 Å². The number of nitrogens with one attached hydrogen (secondary N) is 2. The number of carboxylic acids is 1. The summed E-state index contributed by atoms with van der Waals surface area (Å²) in [5, 5.41) is 14.1. The van der Waals surface area contributed by atoms with Gasteiger partial charge in [-0.25, -0.2) is 9.59 Å². The Morgan fingerprint density at radius 3 is 2.95 bits per heavy atom. The maximum atomic E-state index is 12.1. The average Bonchev–Trinajstić information content (AvgIpc) is 2.83. The molecule has 2 aliphatic heterocycles. The molecule has 0 aromatic rings. The van der Waals surface area contributed by atoms with Crippen LogP contribution in [0.3, 0.4) is 0 Å². The molecular weight excluding hydrogens is 280 g/mol. The Balaban J connectivity index is 1.78. The van der Waals surface area contributed by atoms with Crippen molar-refractivity contribution >= 4 is 18.0 Å². The molecule has 2 saturated heterocycles. The number of hydrogen-bond donors (Lipinski definition) is 3. The third-order valence-corrected chi connectivity index (χ3v) is 3.74. The monoisotopic (exact) mass is 300 g/mol. The first-order valence-corrected chi connectivity index (χ1v) is 6.83. The van der Waals surface area contributed by atoms with Gasteiger partial charge >= 0.3 is 18.0 Å². The molecule has 3 N–H and O–H groups in total. The molecule has 0 spiro atoms. The highest BCUT2D eigenvalue weighted by Gasteiger charge is 2.36. The number of ether oxygens (including phenoxy) is 1. The van der Waals surface area contributed by atoms with Gasteiger partial charge in [0.2, 0.25) is 0 Å². The van der Waals surface area contributed by atoms with Crippen LogP contribution < -0.4 is 10.6 Å². The lowest BCUT2D eigenvalue weighted by Gasteiger charge is -2.36. The van der Waals surface area contributed by atoms with Gasteiger partial charge in [-0.15, -0.1) is 0 Å². The van der Waals surface area contributed by atoms with E-state index in [2.05, 4.69) is 10.6 Å². The Hall–Kier alpha value is -2.03. The average molecular weight is 300 g/mol. The molecule has 2 rings (SSSR count). The van der Waals surface area contributed by atoms with Gasteiger partial charge in [0, 0.05) is 39.8 Å². The molecule has 0 aliphatic carbocycles. The van der Waals surface area contributed by atoms with Crippen molar-refractivity contribution in [3.63, 3.8) is 0 Å². The molecule has 0 bridgehead atoms. The van der Waals surface area contributed by atoms with Crippen molar-refractivity contribution in [2.45, 2.75) is 18.6 Å². The van der Waals surface area contributed by atoms with Crippen LogP contribution in [-0.4, -0.2) is 84.9 Å². The predicted molar refractivity (Wildman–Crippen MR) is 71.9 cm³/mol. The number of carboxylic acid groups (broad SMARTS) is 1. The van der Waals surface area contributed by atoms with Gasteiger partial charge in [-0.2, -0.15) is 0 Å². The van der Waals surface area contributed by atoms with E-state index in [1.807, 2.05) is 0 Å². The summed E-state index contributed by atoms with van der Waals surface area (Å²) >= 11 is 0. The smallest absolute Gasteiger partial charge is 0.317 e. The van der Waals surface area contributed by atoms with Gasteiger partial charge in [0.05, 0.1) is 18.6 Å².